The summed E-state index contributed by atoms with van der Waals surface area (Å²) in [5, 5.41) is 1.46. The lowest BCUT2D eigenvalue weighted by molar-refractivity contribution is 0.524. The highest BCUT2D eigenvalue weighted by Crippen LogP contribution is 2.22. The minimum absolute atomic E-state index is 0.171. The second kappa shape index (κ2) is 13.4. The minimum Gasteiger partial charge on any atom is -0.308 e. The Morgan fingerprint density at radius 1 is 0.476 bits per heavy atom. The second-order valence-electron chi connectivity index (χ2n) is 11.9. The molecule has 6 nitrogen and oxygen atoms in total. The van der Waals surface area contributed by atoms with Gasteiger partial charge in [-0.05, 0) is 120 Å². The van der Waals surface area contributed by atoms with Crippen LogP contribution in [0.1, 0.15) is 41.5 Å². The summed E-state index contributed by atoms with van der Waals surface area (Å²) >= 11 is 10.9. The van der Waals surface area contributed by atoms with Gasteiger partial charge in [-0.15, -0.1) is 0 Å². The van der Waals surface area contributed by atoms with E-state index in [1.807, 2.05) is 36.4 Å². The van der Waals surface area contributed by atoms with Crippen LogP contribution in [0.3, 0.4) is 0 Å². The first kappa shape index (κ1) is 32.4. The van der Waals surface area contributed by atoms with Crippen LogP contribution in [0.25, 0.3) is 32.7 Å². The van der Waals surface area contributed by atoms with Gasteiger partial charge >= 0.3 is 0 Å². The summed E-state index contributed by atoms with van der Waals surface area (Å²) in [4.78, 5) is 42.0. The lowest BCUT2D eigenvalue weighted by Crippen LogP contribution is -2.24. The van der Waals surface area contributed by atoms with E-state index < -0.39 is 0 Å². The summed E-state index contributed by atoms with van der Waals surface area (Å²) in [5.41, 5.74) is 1.55. The molecule has 0 unspecified atom stereocenters. The predicted octanol–water partition coefficient (Wildman–Crippen LogP) is 8.57. The average Bonchev–Trinajstić information content (AvgIpc) is 2.91. The molecule has 3 aromatic carbocycles. The van der Waals surface area contributed by atoms with E-state index in [0.717, 1.165) is 0 Å². The van der Waals surface area contributed by atoms with Gasteiger partial charge in [0.25, 0.3) is 16.7 Å². The van der Waals surface area contributed by atoms with Gasteiger partial charge in [-0.3, -0.25) is 14.4 Å². The molecule has 0 saturated heterocycles. The first-order chi connectivity index (χ1) is 19.8. The van der Waals surface area contributed by atoms with Crippen molar-refractivity contribution in [2.24, 2.45) is 17.8 Å². The van der Waals surface area contributed by atoms with Crippen molar-refractivity contribution in [2.75, 3.05) is 0 Å². The SMILES string of the molecule is CC(C)Cn1c(=O)c2ccc(cc2Br)n(CC(C)C)c(=O)c2ccc(cc2Br)n(CC(C)C)c(=O)c2ccc1cc2Br. The number of benzene rings is 3. The Bertz CT molecular complexity index is 1730. The number of aromatic nitrogens is 3. The highest BCUT2D eigenvalue weighted by atomic mass is 79.9. The zero-order valence-corrected chi connectivity index (χ0v) is 29.5. The van der Waals surface area contributed by atoms with Crippen LogP contribution in [0.4, 0.5) is 0 Å². The van der Waals surface area contributed by atoms with E-state index in [2.05, 4.69) is 89.3 Å². The molecular weight excluding hydrogens is 726 g/mol. The van der Waals surface area contributed by atoms with Gasteiger partial charge in [0.15, 0.2) is 0 Å². The van der Waals surface area contributed by atoms with Crippen LogP contribution in [0.5, 0.6) is 0 Å². The second-order valence-corrected chi connectivity index (χ2v) is 14.5. The van der Waals surface area contributed by atoms with Crippen molar-refractivity contribution in [2.45, 2.75) is 61.2 Å². The lowest BCUT2D eigenvalue weighted by Gasteiger charge is -2.14. The summed E-state index contributed by atoms with van der Waals surface area (Å²) < 4.78 is 7.03. The fraction of sp³-hybridized carbons (Fsp3) is 0.364. The van der Waals surface area contributed by atoms with Crippen molar-refractivity contribution in [1.29, 1.82) is 0 Å². The molecular formula is C33H36Br3N3O3. The molecule has 0 spiro atoms. The molecule has 0 aliphatic heterocycles. The Hall–Kier alpha value is -2.49. The van der Waals surface area contributed by atoms with Crippen molar-refractivity contribution >= 4 is 80.5 Å². The van der Waals surface area contributed by atoms with Crippen LogP contribution in [0, 0.1) is 17.8 Å². The molecule has 0 atom stereocenters. The molecule has 42 heavy (non-hydrogen) atoms. The Balaban J connectivity index is 2.35. The van der Waals surface area contributed by atoms with Gasteiger partial charge < -0.3 is 13.7 Å². The van der Waals surface area contributed by atoms with E-state index in [-0.39, 0.29) is 34.4 Å². The number of fused-ring (bicyclic) bond motifs is 3. The molecule has 0 aliphatic rings. The van der Waals surface area contributed by atoms with E-state index >= 15 is 0 Å². The van der Waals surface area contributed by atoms with E-state index in [1.54, 1.807) is 31.9 Å². The number of hydrogen-bond donors (Lipinski definition) is 0. The summed E-state index contributed by atoms with van der Waals surface area (Å²) in [6, 6.07) is 16.3. The van der Waals surface area contributed by atoms with Crippen LogP contribution in [0.15, 0.2) is 82.4 Å². The molecule has 222 valence electrons. The van der Waals surface area contributed by atoms with Crippen molar-refractivity contribution in [3.05, 3.63) is 99.1 Å². The molecule has 0 N–H and O–H groups in total. The van der Waals surface area contributed by atoms with E-state index in [0.29, 0.717) is 65.8 Å². The van der Waals surface area contributed by atoms with Gasteiger partial charge in [0.1, 0.15) is 0 Å². The summed E-state index contributed by atoms with van der Waals surface area (Å²) in [5.74, 6) is 0.602. The third-order valence-electron chi connectivity index (χ3n) is 6.86. The quantitative estimate of drug-likeness (QED) is 0.198. The maximum absolute atomic E-state index is 14.0. The largest absolute Gasteiger partial charge is 0.308 e. The van der Waals surface area contributed by atoms with Gasteiger partial charge in [0.05, 0.1) is 16.2 Å². The average molecular weight is 762 g/mol. The van der Waals surface area contributed by atoms with E-state index in [9.17, 15) is 14.4 Å². The number of nitrogens with zero attached hydrogens (tertiary/aromatic N) is 3. The highest BCUT2D eigenvalue weighted by molar-refractivity contribution is 9.11. The third-order valence-corrected chi connectivity index (χ3v) is 8.83. The summed E-state index contributed by atoms with van der Waals surface area (Å²) in [7, 11) is 0. The van der Waals surface area contributed by atoms with E-state index in [1.165, 1.54) is 0 Å². The van der Waals surface area contributed by atoms with Crippen molar-refractivity contribution in [3.63, 3.8) is 0 Å². The van der Waals surface area contributed by atoms with Gasteiger partial charge in [0.2, 0.25) is 0 Å². The molecule has 0 radical (unpaired) electrons. The van der Waals surface area contributed by atoms with Crippen LogP contribution >= 0.6 is 47.8 Å². The zero-order chi connectivity index (χ0) is 30.9. The maximum Gasteiger partial charge on any atom is 0.259 e. The predicted molar refractivity (Wildman–Crippen MR) is 186 cm³/mol. The van der Waals surface area contributed by atoms with Crippen molar-refractivity contribution in [3.8, 4) is 0 Å². The standard InChI is InChI=1S/C33H36Br3N3O3/c1-19(2)16-37-22-7-10-26(28(34)13-22)32(41)39(18-21(5)6)24-9-12-27(30(36)15-24)33(42)38(17-20(3)4)23-8-11-25(31(37)40)29(35)14-23/h7-15,19-21H,16-18H2,1-6H3. The molecule has 0 aliphatic carbocycles. The van der Waals surface area contributed by atoms with Gasteiger partial charge in [0, 0.05) is 49.6 Å². The fourth-order valence-electron chi connectivity index (χ4n) is 4.98. The van der Waals surface area contributed by atoms with Crippen molar-refractivity contribution in [1.82, 2.24) is 13.7 Å². The van der Waals surface area contributed by atoms with E-state index in [4.69, 9.17) is 0 Å². The van der Waals surface area contributed by atoms with Crippen LogP contribution in [-0.4, -0.2) is 13.7 Å². The molecule has 9 heteroatoms. The van der Waals surface area contributed by atoms with Crippen LogP contribution < -0.4 is 16.7 Å². The Morgan fingerprint density at radius 2 is 0.714 bits per heavy atom. The Labute approximate surface area is 270 Å². The minimum atomic E-state index is -0.171. The first-order valence-corrected chi connectivity index (χ1v) is 16.5. The molecule has 7 rings (SSSR count). The summed E-state index contributed by atoms with van der Waals surface area (Å²) in [6.45, 7) is 13.8. The molecule has 0 fully saturated rings. The smallest absolute Gasteiger partial charge is 0.259 e. The summed E-state index contributed by atoms with van der Waals surface area (Å²) in [6.07, 6.45) is 0. The number of hydrogen-bond acceptors (Lipinski definition) is 3. The third kappa shape index (κ3) is 7.00. The van der Waals surface area contributed by atoms with Gasteiger partial charge in [-0.25, -0.2) is 0 Å². The molecule has 4 heterocycles. The number of rotatable bonds is 6. The van der Waals surface area contributed by atoms with Crippen molar-refractivity contribution < 1.29 is 0 Å². The Morgan fingerprint density at radius 3 is 0.905 bits per heavy atom. The first-order valence-electron chi connectivity index (χ1n) is 14.1. The number of halogens is 3. The monoisotopic (exact) mass is 759 g/mol. The Kier molecular flexibility index (Phi) is 10.4. The normalized spacial score (nSPS) is 11.7. The lowest BCUT2D eigenvalue weighted by atomic mass is 10.2. The fourth-order valence-corrected chi connectivity index (χ4v) is 6.59. The zero-order valence-electron chi connectivity index (χ0n) is 24.7. The van der Waals surface area contributed by atoms with Crippen LogP contribution in [-0.2, 0) is 19.6 Å². The molecule has 4 aromatic heterocycles. The highest BCUT2D eigenvalue weighted by Gasteiger charge is 2.12. The topological polar surface area (TPSA) is 66.0 Å². The molecule has 6 bridgehead atoms. The molecule has 0 saturated carbocycles. The van der Waals surface area contributed by atoms with Gasteiger partial charge in [-0.1, -0.05) is 41.5 Å². The molecule has 7 aromatic rings. The van der Waals surface area contributed by atoms with Gasteiger partial charge in [-0.2, -0.15) is 0 Å². The van der Waals surface area contributed by atoms with Crippen LogP contribution in [0.2, 0.25) is 0 Å². The maximum atomic E-state index is 14.0. The molecule has 0 amide bonds.